The van der Waals surface area contributed by atoms with Gasteiger partial charge in [-0.05, 0) is 49.4 Å². The van der Waals surface area contributed by atoms with Crippen LogP contribution in [0.1, 0.15) is 40.9 Å². The molecule has 4 aromatic heterocycles. The SMILES string of the molecule is [2H]C([2H])([2H])Oc1ccc(CN2C3CC2CN(c2ccc(-c4cc(OCC56CC(O)(C5)C6)cn5ncc(C#N)c45)cn2)C3)cn1. The summed E-state index contributed by atoms with van der Waals surface area (Å²) >= 11 is 0. The van der Waals surface area contributed by atoms with Crippen LogP contribution in [0.25, 0.3) is 16.6 Å². The Morgan fingerprint density at radius 2 is 1.98 bits per heavy atom. The maximum Gasteiger partial charge on any atom is 0.212 e. The van der Waals surface area contributed by atoms with E-state index in [1.165, 1.54) is 0 Å². The first-order chi connectivity index (χ1) is 21.1. The highest BCUT2D eigenvalue weighted by atomic mass is 16.5. The third-order valence-electron chi connectivity index (χ3n) is 9.36. The van der Waals surface area contributed by atoms with Crippen molar-refractivity contribution in [3.63, 3.8) is 0 Å². The molecule has 10 nitrogen and oxygen atoms in total. The number of pyridine rings is 3. The lowest BCUT2D eigenvalue weighted by Crippen LogP contribution is -2.69. The lowest BCUT2D eigenvalue weighted by molar-refractivity contribution is -0.269. The number of methoxy groups -OCH3 is 1. The van der Waals surface area contributed by atoms with Crippen LogP contribution in [0.4, 0.5) is 5.82 Å². The zero-order chi connectivity index (χ0) is 30.3. The largest absolute Gasteiger partial charge is 0.491 e. The second kappa shape index (κ2) is 8.90. The number of piperidine rings is 1. The van der Waals surface area contributed by atoms with Crippen LogP contribution in [-0.4, -0.2) is 74.0 Å². The van der Waals surface area contributed by atoms with Crippen LogP contribution in [0.3, 0.4) is 0 Å². The summed E-state index contributed by atoms with van der Waals surface area (Å²) < 4.78 is 34.5. The normalized spacial score (nSPS) is 29.3. The van der Waals surface area contributed by atoms with Crippen molar-refractivity contribution in [3.05, 3.63) is 66.2 Å². The number of ether oxygens (including phenoxy) is 2. The molecule has 0 aromatic carbocycles. The van der Waals surface area contributed by atoms with Gasteiger partial charge in [0.2, 0.25) is 5.88 Å². The minimum Gasteiger partial charge on any atom is -0.491 e. The molecule has 41 heavy (non-hydrogen) atoms. The Labute approximate surface area is 242 Å². The summed E-state index contributed by atoms with van der Waals surface area (Å²) in [6, 6.07) is 12.6. The van der Waals surface area contributed by atoms with Gasteiger partial charge in [-0.15, -0.1) is 0 Å². The van der Waals surface area contributed by atoms with Crippen molar-refractivity contribution >= 4 is 11.3 Å². The van der Waals surface area contributed by atoms with Crippen LogP contribution in [0.5, 0.6) is 11.6 Å². The third kappa shape index (κ3) is 4.03. The summed E-state index contributed by atoms with van der Waals surface area (Å²) in [4.78, 5) is 13.8. The summed E-state index contributed by atoms with van der Waals surface area (Å²) in [6.45, 7) is 3.03. The molecule has 6 fully saturated rings. The van der Waals surface area contributed by atoms with Gasteiger partial charge in [-0.1, -0.05) is 6.07 Å². The molecule has 1 N–H and O–H groups in total. The van der Waals surface area contributed by atoms with Crippen molar-refractivity contribution in [3.8, 4) is 28.8 Å². The fourth-order valence-corrected chi connectivity index (χ4v) is 7.45. The number of hydrogen-bond donors (Lipinski definition) is 1. The minimum atomic E-state index is -2.51. The van der Waals surface area contributed by atoms with Crippen LogP contribution in [0.15, 0.2) is 55.1 Å². The van der Waals surface area contributed by atoms with E-state index in [-0.39, 0.29) is 11.3 Å². The second-order valence-corrected chi connectivity index (χ2v) is 12.2. The molecule has 3 aliphatic carbocycles. The van der Waals surface area contributed by atoms with E-state index in [4.69, 9.17) is 18.6 Å². The first-order valence-electron chi connectivity index (χ1n) is 15.5. The molecule has 2 unspecified atom stereocenters. The molecular formula is C31H31N7O3. The van der Waals surface area contributed by atoms with Crippen molar-refractivity contribution in [1.82, 2.24) is 24.5 Å². The van der Waals surface area contributed by atoms with Crippen molar-refractivity contribution in [2.24, 2.45) is 5.41 Å². The van der Waals surface area contributed by atoms with E-state index < -0.39 is 12.6 Å². The van der Waals surface area contributed by atoms with Crippen LogP contribution in [0, 0.1) is 16.7 Å². The summed E-state index contributed by atoms with van der Waals surface area (Å²) in [6.07, 6.45) is 10.4. The molecule has 7 heterocycles. The van der Waals surface area contributed by atoms with E-state index in [2.05, 4.69) is 26.0 Å². The van der Waals surface area contributed by atoms with Crippen LogP contribution in [-0.2, 0) is 6.54 Å². The number of aliphatic hydroxyl groups is 1. The summed E-state index contributed by atoms with van der Waals surface area (Å²) in [7, 11) is -2.51. The number of aromatic nitrogens is 4. The minimum absolute atomic E-state index is 0.0809. The molecule has 10 heteroatoms. The van der Waals surface area contributed by atoms with Gasteiger partial charge in [-0.25, -0.2) is 14.5 Å². The molecule has 10 rings (SSSR count). The number of piperazine rings is 1. The van der Waals surface area contributed by atoms with Gasteiger partial charge >= 0.3 is 0 Å². The van der Waals surface area contributed by atoms with Crippen LogP contribution >= 0.6 is 0 Å². The molecule has 3 aliphatic heterocycles. The highest BCUT2D eigenvalue weighted by molar-refractivity contribution is 5.85. The maximum atomic E-state index is 10.1. The van der Waals surface area contributed by atoms with Crippen molar-refractivity contribution in [1.29, 1.82) is 5.26 Å². The summed E-state index contributed by atoms with van der Waals surface area (Å²) in [5.41, 5.74) is 3.56. The summed E-state index contributed by atoms with van der Waals surface area (Å²) in [5.74, 6) is 1.68. The van der Waals surface area contributed by atoms with E-state index in [9.17, 15) is 10.4 Å². The third-order valence-corrected chi connectivity index (χ3v) is 9.36. The lowest BCUT2D eigenvalue weighted by atomic mass is 9.41. The molecule has 3 saturated heterocycles. The molecule has 0 radical (unpaired) electrons. The van der Waals surface area contributed by atoms with Gasteiger partial charge in [0.05, 0.1) is 46.8 Å². The van der Waals surface area contributed by atoms with Crippen LogP contribution in [0.2, 0.25) is 0 Å². The van der Waals surface area contributed by atoms with E-state index in [1.54, 1.807) is 23.0 Å². The molecule has 2 atom stereocenters. The Kier molecular flexibility index (Phi) is 4.67. The highest BCUT2D eigenvalue weighted by Crippen LogP contribution is 2.67. The number of fused-ring (bicyclic) bond motifs is 3. The monoisotopic (exact) mass is 552 g/mol. The van der Waals surface area contributed by atoms with E-state index in [0.29, 0.717) is 30.0 Å². The first-order valence-corrected chi connectivity index (χ1v) is 14.0. The Morgan fingerprint density at radius 1 is 1.12 bits per heavy atom. The molecular weight excluding hydrogens is 518 g/mol. The van der Waals surface area contributed by atoms with Gasteiger partial charge in [0, 0.05) is 66.7 Å². The average Bonchev–Trinajstić information content (AvgIpc) is 3.40. The smallest absolute Gasteiger partial charge is 0.212 e. The van der Waals surface area contributed by atoms with Gasteiger partial charge in [0.15, 0.2) is 0 Å². The zero-order valence-corrected chi connectivity index (χ0v) is 22.4. The van der Waals surface area contributed by atoms with Gasteiger partial charge < -0.3 is 19.5 Å². The van der Waals surface area contributed by atoms with Crippen molar-refractivity contribution in [2.45, 2.75) is 49.9 Å². The van der Waals surface area contributed by atoms with E-state index in [1.807, 2.05) is 36.7 Å². The average molecular weight is 553 g/mol. The standard InChI is InChI=1S/C31H31N7O3/c1-40-28-5-2-20(9-34-28)12-37-23-6-24(37)14-36(13-23)27-4-3-21(10-33-27)26-7-25(15-38-29(26)22(8-32)11-35-38)41-19-30-16-31(39,17-30)18-30/h2-5,7,9-11,15,23-24,39H,6,12-14,16-19H2,1H3/i1D3. The van der Waals surface area contributed by atoms with E-state index in [0.717, 1.165) is 73.3 Å². The molecule has 4 aromatic rings. The quantitative estimate of drug-likeness (QED) is 0.351. The first kappa shape index (κ1) is 21.5. The predicted molar refractivity (Wildman–Crippen MR) is 151 cm³/mol. The Balaban J connectivity index is 0.954. The number of rotatable bonds is 8. The second-order valence-electron chi connectivity index (χ2n) is 12.2. The van der Waals surface area contributed by atoms with Crippen molar-refractivity contribution in [2.75, 3.05) is 31.6 Å². The molecule has 208 valence electrons. The van der Waals surface area contributed by atoms with Gasteiger partial charge in [-0.3, -0.25) is 4.90 Å². The zero-order valence-electron chi connectivity index (χ0n) is 25.4. The maximum absolute atomic E-state index is 10.1. The Morgan fingerprint density at radius 3 is 2.66 bits per heavy atom. The van der Waals surface area contributed by atoms with Gasteiger partial charge in [0.1, 0.15) is 17.6 Å². The van der Waals surface area contributed by atoms with E-state index >= 15 is 0 Å². The molecule has 0 amide bonds. The molecule has 6 aliphatic rings. The van der Waals surface area contributed by atoms with Gasteiger partial charge in [0.25, 0.3) is 0 Å². The van der Waals surface area contributed by atoms with Gasteiger partial charge in [-0.2, -0.15) is 10.4 Å². The molecule has 4 bridgehead atoms. The molecule has 3 saturated carbocycles. The topological polar surface area (TPSA) is 112 Å². The fourth-order valence-electron chi connectivity index (χ4n) is 7.45. The van der Waals surface area contributed by atoms with Crippen LogP contribution < -0.4 is 14.4 Å². The predicted octanol–water partition coefficient (Wildman–Crippen LogP) is 3.43. The number of anilines is 1. The lowest BCUT2D eigenvalue weighted by Gasteiger charge is -2.67. The molecule has 0 spiro atoms. The number of hydrogen-bond acceptors (Lipinski definition) is 9. The fraction of sp³-hybridized carbons (Fsp3) is 0.419. The Hall–Kier alpha value is -4.20. The number of nitriles is 1. The van der Waals surface area contributed by atoms with Crippen molar-refractivity contribution < 1.29 is 18.7 Å². The summed E-state index contributed by atoms with van der Waals surface area (Å²) in [5, 5.41) is 24.3. The Bertz CT molecular complexity index is 1750. The number of nitrogens with zero attached hydrogens (tertiary/aromatic N) is 7. The highest BCUT2D eigenvalue weighted by Gasteiger charge is 2.67.